The van der Waals surface area contributed by atoms with E-state index < -0.39 is 18.1 Å². The summed E-state index contributed by atoms with van der Waals surface area (Å²) in [6.45, 7) is 9.66. The average molecular weight is 348 g/mol. The number of hydrogen-bond acceptors (Lipinski definition) is 2. The van der Waals surface area contributed by atoms with Gasteiger partial charge >= 0.3 is 6.18 Å². The number of carbonyl (C=O) groups excluding carboxylic acids is 1. The zero-order chi connectivity index (χ0) is 18.1. The third-order valence-corrected chi connectivity index (χ3v) is 5.85. The van der Waals surface area contributed by atoms with Gasteiger partial charge in [0.2, 0.25) is 5.91 Å². The second-order valence-corrected chi connectivity index (χ2v) is 8.25. The van der Waals surface area contributed by atoms with Crippen LogP contribution in [0.1, 0.15) is 53.4 Å². The van der Waals surface area contributed by atoms with Gasteiger partial charge in [-0.15, -0.1) is 0 Å². The summed E-state index contributed by atoms with van der Waals surface area (Å²) in [6.07, 6.45) is -0.674. The second kappa shape index (κ2) is 7.22. The molecule has 2 heterocycles. The first-order valence-corrected chi connectivity index (χ1v) is 9.15. The van der Waals surface area contributed by atoms with Gasteiger partial charge in [0, 0.05) is 19.0 Å². The van der Waals surface area contributed by atoms with Gasteiger partial charge in [0.25, 0.3) is 0 Å². The Hall–Kier alpha value is -0.780. The monoisotopic (exact) mass is 348 g/mol. The Labute approximate surface area is 143 Å². The van der Waals surface area contributed by atoms with Crippen molar-refractivity contribution in [2.24, 2.45) is 17.3 Å². The van der Waals surface area contributed by atoms with Crippen molar-refractivity contribution in [3.8, 4) is 0 Å². The Balaban J connectivity index is 1.92. The Kier molecular flexibility index (Phi) is 5.88. The zero-order valence-electron chi connectivity index (χ0n) is 15.3. The van der Waals surface area contributed by atoms with Gasteiger partial charge in [-0.05, 0) is 50.1 Å². The molecule has 0 aromatic rings. The van der Waals surface area contributed by atoms with Crippen LogP contribution in [0.2, 0.25) is 0 Å². The number of hydrogen-bond donors (Lipinski definition) is 0. The predicted octanol–water partition coefficient (Wildman–Crippen LogP) is 3.93. The zero-order valence-corrected chi connectivity index (χ0v) is 15.3. The quantitative estimate of drug-likeness (QED) is 0.771. The maximum Gasteiger partial charge on any atom is 0.404 e. The summed E-state index contributed by atoms with van der Waals surface area (Å²) in [6, 6.07) is -1.34. The van der Waals surface area contributed by atoms with E-state index in [2.05, 4.69) is 0 Å². The van der Waals surface area contributed by atoms with Gasteiger partial charge in [-0.3, -0.25) is 9.69 Å². The molecule has 2 aliphatic rings. The molecule has 0 aromatic heterocycles. The molecule has 0 N–H and O–H groups in total. The van der Waals surface area contributed by atoms with Crippen molar-refractivity contribution < 1.29 is 18.0 Å². The van der Waals surface area contributed by atoms with E-state index in [9.17, 15) is 18.0 Å². The van der Waals surface area contributed by atoms with Crippen LogP contribution in [0.4, 0.5) is 13.2 Å². The van der Waals surface area contributed by atoms with Gasteiger partial charge in [0.1, 0.15) is 6.04 Å². The molecule has 1 spiro atoms. The van der Waals surface area contributed by atoms with Crippen molar-refractivity contribution in [3.05, 3.63) is 0 Å². The lowest BCUT2D eigenvalue weighted by Gasteiger charge is -2.49. The Morgan fingerprint density at radius 2 is 1.38 bits per heavy atom. The van der Waals surface area contributed by atoms with Crippen molar-refractivity contribution in [2.75, 3.05) is 26.2 Å². The van der Waals surface area contributed by atoms with E-state index in [-0.39, 0.29) is 17.2 Å². The van der Waals surface area contributed by atoms with Crippen LogP contribution in [-0.2, 0) is 4.79 Å². The number of carbonyl (C=O) groups is 1. The molecule has 0 saturated carbocycles. The highest BCUT2D eigenvalue weighted by Crippen LogP contribution is 2.43. The average Bonchev–Trinajstić information content (AvgIpc) is 2.48. The van der Waals surface area contributed by atoms with E-state index in [0.29, 0.717) is 13.1 Å². The van der Waals surface area contributed by atoms with Gasteiger partial charge < -0.3 is 4.90 Å². The topological polar surface area (TPSA) is 23.6 Å². The molecule has 24 heavy (non-hydrogen) atoms. The summed E-state index contributed by atoms with van der Waals surface area (Å²) < 4.78 is 40.0. The van der Waals surface area contributed by atoms with Crippen LogP contribution in [0.15, 0.2) is 0 Å². The lowest BCUT2D eigenvalue weighted by Crippen LogP contribution is -2.55. The van der Waals surface area contributed by atoms with Crippen molar-refractivity contribution in [3.63, 3.8) is 0 Å². The van der Waals surface area contributed by atoms with Gasteiger partial charge in [0.05, 0.1) is 0 Å². The Morgan fingerprint density at radius 3 is 1.75 bits per heavy atom. The molecule has 2 rings (SSSR count). The summed E-state index contributed by atoms with van der Waals surface area (Å²) in [5, 5.41) is 0. The molecular weight excluding hydrogens is 317 g/mol. The Bertz CT molecular complexity index is 430. The maximum absolute atomic E-state index is 13.3. The third-order valence-electron chi connectivity index (χ3n) is 5.85. The van der Waals surface area contributed by atoms with Gasteiger partial charge in [-0.25, -0.2) is 0 Å². The Morgan fingerprint density at radius 1 is 0.917 bits per heavy atom. The van der Waals surface area contributed by atoms with E-state index in [1.54, 1.807) is 18.7 Å². The largest absolute Gasteiger partial charge is 0.404 e. The van der Waals surface area contributed by atoms with Crippen LogP contribution < -0.4 is 0 Å². The van der Waals surface area contributed by atoms with Crippen molar-refractivity contribution in [1.29, 1.82) is 0 Å². The molecule has 1 amide bonds. The fraction of sp³-hybridized carbons (Fsp3) is 0.944. The molecule has 0 aromatic carbocycles. The van der Waals surface area contributed by atoms with E-state index in [4.69, 9.17) is 0 Å². The number of halogens is 3. The minimum Gasteiger partial charge on any atom is -0.342 e. The highest BCUT2D eigenvalue weighted by molar-refractivity contribution is 5.78. The van der Waals surface area contributed by atoms with Crippen molar-refractivity contribution in [1.82, 2.24) is 9.80 Å². The molecule has 0 bridgehead atoms. The first-order chi connectivity index (χ1) is 11.1. The van der Waals surface area contributed by atoms with Crippen molar-refractivity contribution in [2.45, 2.75) is 65.6 Å². The maximum atomic E-state index is 13.3. The summed E-state index contributed by atoms with van der Waals surface area (Å²) >= 11 is 0. The number of piperidine rings is 2. The molecule has 3 nitrogen and oxygen atoms in total. The van der Waals surface area contributed by atoms with Crippen LogP contribution >= 0.6 is 0 Å². The number of rotatable bonds is 3. The second-order valence-electron chi connectivity index (χ2n) is 8.25. The number of amides is 1. The van der Waals surface area contributed by atoms with Crippen LogP contribution in [0.25, 0.3) is 0 Å². The van der Waals surface area contributed by atoms with Gasteiger partial charge in [-0.2, -0.15) is 13.2 Å². The highest BCUT2D eigenvalue weighted by Gasteiger charge is 2.48. The standard InChI is InChI=1S/C18H31F3N2O/c1-13(2)15(18(19,20)21)22-9-5-17(6-10-22)7-11-23(12-8-17)16(24)14(3)4/h13-15H,5-12H2,1-4H3. The molecule has 2 fully saturated rings. The molecule has 2 saturated heterocycles. The number of nitrogens with zero attached hydrogens (tertiary/aromatic N) is 2. The molecule has 140 valence electrons. The molecule has 6 heteroatoms. The SMILES string of the molecule is CC(C)C(=O)N1CCC2(CC1)CCN(C(C(C)C)C(F)(F)F)CC2. The minimum absolute atomic E-state index is 0.0134. The lowest BCUT2D eigenvalue weighted by atomic mass is 9.70. The molecule has 0 aliphatic carbocycles. The first kappa shape index (κ1) is 19.5. The molecular formula is C18H31F3N2O. The van der Waals surface area contributed by atoms with Gasteiger partial charge in [-0.1, -0.05) is 27.7 Å². The molecule has 0 radical (unpaired) electrons. The normalized spacial score (nSPS) is 24.0. The lowest BCUT2D eigenvalue weighted by molar-refractivity contribution is -0.201. The molecule has 1 atom stereocenters. The fourth-order valence-corrected chi connectivity index (χ4v) is 4.35. The van der Waals surface area contributed by atoms with Crippen LogP contribution in [0.5, 0.6) is 0 Å². The first-order valence-electron chi connectivity index (χ1n) is 9.15. The van der Waals surface area contributed by atoms with Gasteiger partial charge in [0.15, 0.2) is 0 Å². The van der Waals surface area contributed by atoms with E-state index in [0.717, 1.165) is 38.8 Å². The van der Waals surface area contributed by atoms with Crippen LogP contribution in [0, 0.1) is 17.3 Å². The predicted molar refractivity (Wildman–Crippen MR) is 88.6 cm³/mol. The van der Waals surface area contributed by atoms with Crippen LogP contribution in [-0.4, -0.2) is 54.1 Å². The van der Waals surface area contributed by atoms with E-state index in [1.165, 1.54) is 0 Å². The molecule has 1 unspecified atom stereocenters. The fourth-order valence-electron chi connectivity index (χ4n) is 4.35. The summed E-state index contributed by atoms with van der Waals surface area (Å²) in [4.78, 5) is 15.6. The van der Waals surface area contributed by atoms with E-state index in [1.807, 2.05) is 18.7 Å². The number of likely N-dealkylation sites (tertiary alicyclic amines) is 2. The summed E-state index contributed by atoms with van der Waals surface area (Å²) in [5.74, 6) is -0.219. The smallest absolute Gasteiger partial charge is 0.342 e. The summed E-state index contributed by atoms with van der Waals surface area (Å²) in [7, 11) is 0. The summed E-state index contributed by atoms with van der Waals surface area (Å²) in [5.41, 5.74) is 0.136. The van der Waals surface area contributed by atoms with Crippen molar-refractivity contribution >= 4 is 5.91 Å². The van der Waals surface area contributed by atoms with Crippen LogP contribution in [0.3, 0.4) is 0 Å². The van der Waals surface area contributed by atoms with E-state index >= 15 is 0 Å². The highest BCUT2D eigenvalue weighted by atomic mass is 19.4. The third kappa shape index (κ3) is 4.24. The number of alkyl halides is 3. The minimum atomic E-state index is -4.16. The molecule has 2 aliphatic heterocycles.